The van der Waals surface area contributed by atoms with Crippen molar-refractivity contribution < 1.29 is 9.47 Å². The average Bonchev–Trinajstić information content (AvgIpc) is 2.89. The quantitative estimate of drug-likeness (QED) is 0.910. The lowest BCUT2D eigenvalue weighted by atomic mass is 10.1. The van der Waals surface area contributed by atoms with Crippen molar-refractivity contribution in [3.05, 3.63) is 24.4 Å². The van der Waals surface area contributed by atoms with Crippen molar-refractivity contribution in [3.8, 4) is 11.5 Å². The van der Waals surface area contributed by atoms with Crippen molar-refractivity contribution in [1.29, 1.82) is 0 Å². The van der Waals surface area contributed by atoms with Crippen LogP contribution >= 0.6 is 0 Å². The summed E-state index contributed by atoms with van der Waals surface area (Å²) in [5, 5.41) is 2.14. The van der Waals surface area contributed by atoms with E-state index in [1.807, 2.05) is 25.2 Å². The maximum Gasteiger partial charge on any atom is 0.231 e. The van der Waals surface area contributed by atoms with Crippen LogP contribution in [0.1, 0.15) is 6.92 Å². The minimum Gasteiger partial charge on any atom is -0.454 e. The number of hydrogen-bond donors (Lipinski definition) is 1. The summed E-state index contributed by atoms with van der Waals surface area (Å²) in [7, 11) is 2.00. The second-order valence-corrected chi connectivity index (χ2v) is 4.76. The van der Waals surface area contributed by atoms with Crippen LogP contribution in [-0.4, -0.2) is 31.4 Å². The smallest absolute Gasteiger partial charge is 0.231 e. The molecule has 1 aliphatic rings. The van der Waals surface area contributed by atoms with Crippen molar-refractivity contribution in [2.45, 2.75) is 13.0 Å². The Hall–Kier alpha value is -2.01. The van der Waals surface area contributed by atoms with Crippen LogP contribution in [0.2, 0.25) is 0 Å². The Kier molecular flexibility index (Phi) is 2.91. The molecule has 1 atom stereocenters. The number of pyridine rings is 1. The Labute approximate surface area is 111 Å². The molecule has 100 valence electrons. The summed E-state index contributed by atoms with van der Waals surface area (Å²) in [5.74, 6) is 2.48. The Balaban J connectivity index is 2.15. The molecule has 0 amide bonds. The molecule has 2 heterocycles. The van der Waals surface area contributed by atoms with Gasteiger partial charge < -0.3 is 20.1 Å². The molecular formula is C14H17N3O2. The normalized spacial score (nSPS) is 14.7. The summed E-state index contributed by atoms with van der Waals surface area (Å²) < 4.78 is 10.8. The fourth-order valence-corrected chi connectivity index (χ4v) is 2.19. The fraction of sp³-hybridized carbons (Fsp3) is 0.357. The van der Waals surface area contributed by atoms with Gasteiger partial charge in [-0.1, -0.05) is 0 Å². The van der Waals surface area contributed by atoms with E-state index >= 15 is 0 Å². The van der Waals surface area contributed by atoms with Gasteiger partial charge in [0, 0.05) is 31.2 Å². The number of nitrogens with zero attached hydrogens (tertiary/aromatic N) is 2. The largest absolute Gasteiger partial charge is 0.454 e. The minimum absolute atomic E-state index is 0.225. The van der Waals surface area contributed by atoms with E-state index in [-0.39, 0.29) is 12.8 Å². The second kappa shape index (κ2) is 4.59. The number of rotatable bonds is 3. The van der Waals surface area contributed by atoms with Crippen LogP contribution < -0.4 is 20.1 Å². The minimum atomic E-state index is 0.225. The van der Waals surface area contributed by atoms with Crippen LogP contribution in [0, 0.1) is 0 Å². The van der Waals surface area contributed by atoms with Gasteiger partial charge in [0.2, 0.25) is 6.79 Å². The third kappa shape index (κ3) is 1.96. The van der Waals surface area contributed by atoms with Crippen LogP contribution in [-0.2, 0) is 0 Å². The first-order valence-electron chi connectivity index (χ1n) is 6.32. The first-order valence-corrected chi connectivity index (χ1v) is 6.32. The SMILES string of the molecule is CC(CN)N(C)c1nccc2cc3c(cc12)OCO3. The third-order valence-electron chi connectivity index (χ3n) is 3.57. The lowest BCUT2D eigenvalue weighted by molar-refractivity contribution is 0.174. The Morgan fingerprint density at radius 2 is 2.11 bits per heavy atom. The summed E-state index contributed by atoms with van der Waals surface area (Å²) in [6, 6.07) is 6.18. The molecule has 1 aromatic carbocycles. The van der Waals surface area contributed by atoms with E-state index < -0.39 is 0 Å². The molecule has 0 fully saturated rings. The van der Waals surface area contributed by atoms with Crippen LogP contribution in [0.4, 0.5) is 5.82 Å². The third-order valence-corrected chi connectivity index (χ3v) is 3.57. The molecule has 1 aliphatic heterocycles. The second-order valence-electron chi connectivity index (χ2n) is 4.76. The van der Waals surface area contributed by atoms with Crippen molar-refractivity contribution in [3.63, 3.8) is 0 Å². The highest BCUT2D eigenvalue weighted by Gasteiger charge is 2.18. The zero-order chi connectivity index (χ0) is 13.4. The van der Waals surface area contributed by atoms with Crippen molar-refractivity contribution in [2.24, 2.45) is 5.73 Å². The molecule has 0 spiro atoms. The molecule has 0 radical (unpaired) electrons. The molecule has 3 rings (SSSR count). The van der Waals surface area contributed by atoms with E-state index in [0.29, 0.717) is 6.54 Å². The van der Waals surface area contributed by atoms with Gasteiger partial charge in [-0.3, -0.25) is 0 Å². The van der Waals surface area contributed by atoms with Gasteiger partial charge in [0.1, 0.15) is 5.82 Å². The van der Waals surface area contributed by atoms with Crippen LogP contribution in [0.3, 0.4) is 0 Å². The van der Waals surface area contributed by atoms with Crippen LogP contribution in [0.15, 0.2) is 24.4 Å². The van der Waals surface area contributed by atoms with E-state index in [1.54, 1.807) is 6.20 Å². The Bertz CT molecular complexity index is 615. The molecule has 1 unspecified atom stereocenters. The molecule has 2 N–H and O–H groups in total. The topological polar surface area (TPSA) is 60.6 Å². The summed E-state index contributed by atoms with van der Waals surface area (Å²) in [6.07, 6.45) is 1.81. The standard InChI is InChI=1S/C14H17N3O2/c1-9(7-15)17(2)14-11-6-13-12(18-8-19-13)5-10(11)3-4-16-14/h3-6,9H,7-8,15H2,1-2H3. The molecule has 0 bridgehead atoms. The van der Waals surface area contributed by atoms with Gasteiger partial charge in [-0.15, -0.1) is 0 Å². The number of hydrogen-bond acceptors (Lipinski definition) is 5. The molecule has 2 aromatic rings. The molecule has 5 heteroatoms. The van der Waals surface area contributed by atoms with E-state index in [9.17, 15) is 0 Å². The summed E-state index contributed by atoms with van der Waals surface area (Å²) in [6.45, 7) is 2.94. The van der Waals surface area contributed by atoms with E-state index in [2.05, 4.69) is 16.8 Å². The molecule has 0 saturated carbocycles. The molecule has 19 heavy (non-hydrogen) atoms. The first-order chi connectivity index (χ1) is 9.20. The van der Waals surface area contributed by atoms with E-state index in [1.165, 1.54) is 0 Å². The van der Waals surface area contributed by atoms with Gasteiger partial charge in [-0.2, -0.15) is 0 Å². The number of benzene rings is 1. The fourth-order valence-electron chi connectivity index (χ4n) is 2.19. The number of anilines is 1. The zero-order valence-electron chi connectivity index (χ0n) is 11.1. The molecule has 5 nitrogen and oxygen atoms in total. The van der Waals surface area contributed by atoms with Gasteiger partial charge in [0.25, 0.3) is 0 Å². The van der Waals surface area contributed by atoms with Crippen LogP contribution in [0.5, 0.6) is 11.5 Å². The highest BCUT2D eigenvalue weighted by Crippen LogP contribution is 2.38. The zero-order valence-corrected chi connectivity index (χ0v) is 11.1. The maximum absolute atomic E-state index is 5.73. The van der Waals surface area contributed by atoms with E-state index in [4.69, 9.17) is 15.2 Å². The van der Waals surface area contributed by atoms with Crippen molar-refractivity contribution in [1.82, 2.24) is 4.98 Å². The predicted octanol–water partition coefficient (Wildman–Crippen LogP) is 1.75. The number of likely N-dealkylation sites (N-methyl/N-ethyl adjacent to an activating group) is 1. The Morgan fingerprint density at radius 1 is 1.37 bits per heavy atom. The maximum atomic E-state index is 5.73. The number of fused-ring (bicyclic) bond motifs is 2. The predicted molar refractivity (Wildman–Crippen MR) is 74.8 cm³/mol. The molecular weight excluding hydrogens is 242 g/mol. The summed E-state index contributed by atoms with van der Waals surface area (Å²) >= 11 is 0. The lowest BCUT2D eigenvalue weighted by Gasteiger charge is -2.25. The summed E-state index contributed by atoms with van der Waals surface area (Å²) in [4.78, 5) is 6.56. The molecule has 1 aromatic heterocycles. The van der Waals surface area contributed by atoms with Gasteiger partial charge in [-0.25, -0.2) is 4.98 Å². The van der Waals surface area contributed by atoms with Gasteiger partial charge in [0.15, 0.2) is 11.5 Å². The number of aromatic nitrogens is 1. The summed E-state index contributed by atoms with van der Waals surface area (Å²) in [5.41, 5.74) is 5.73. The number of ether oxygens (including phenoxy) is 2. The average molecular weight is 259 g/mol. The monoisotopic (exact) mass is 259 g/mol. The highest BCUT2D eigenvalue weighted by atomic mass is 16.7. The van der Waals surface area contributed by atoms with Crippen molar-refractivity contribution in [2.75, 3.05) is 25.3 Å². The van der Waals surface area contributed by atoms with Crippen LogP contribution in [0.25, 0.3) is 10.8 Å². The van der Waals surface area contributed by atoms with Gasteiger partial charge >= 0.3 is 0 Å². The molecule has 0 saturated heterocycles. The van der Waals surface area contributed by atoms with Crippen molar-refractivity contribution >= 4 is 16.6 Å². The van der Waals surface area contributed by atoms with Gasteiger partial charge in [-0.05, 0) is 30.5 Å². The van der Waals surface area contributed by atoms with Gasteiger partial charge in [0.05, 0.1) is 0 Å². The molecule has 0 aliphatic carbocycles. The lowest BCUT2D eigenvalue weighted by Crippen LogP contribution is -2.35. The van der Waals surface area contributed by atoms with E-state index in [0.717, 1.165) is 28.1 Å². The highest BCUT2D eigenvalue weighted by molar-refractivity contribution is 5.94. The first kappa shape index (κ1) is 12.0. The Morgan fingerprint density at radius 3 is 2.84 bits per heavy atom. The number of nitrogens with two attached hydrogens (primary N) is 1.